The first-order chi connectivity index (χ1) is 12.7. The van der Waals surface area contributed by atoms with Gasteiger partial charge >= 0.3 is 0 Å². The van der Waals surface area contributed by atoms with E-state index in [4.69, 9.17) is 11.6 Å². The van der Waals surface area contributed by atoms with Crippen molar-refractivity contribution in [1.82, 2.24) is 25.0 Å². The average molecular weight is 390 g/mol. The fraction of sp³-hybridized carbons (Fsp3) is 0.389. The molecule has 4 heterocycles. The summed E-state index contributed by atoms with van der Waals surface area (Å²) in [5.74, 6) is 0.510. The molecule has 1 aliphatic heterocycles. The molecular formula is C18H20ClN5OS. The number of carbonyl (C=O) groups excluding carboxylic acids is 1. The molecule has 1 aliphatic rings. The maximum atomic E-state index is 12.4. The van der Waals surface area contributed by atoms with E-state index in [9.17, 15) is 4.79 Å². The molecular weight excluding hydrogens is 370 g/mol. The minimum atomic E-state index is -0.159. The number of halogens is 1. The first kappa shape index (κ1) is 17.5. The third-order valence-corrected chi connectivity index (χ3v) is 5.70. The molecule has 1 fully saturated rings. The summed E-state index contributed by atoms with van der Waals surface area (Å²) in [4.78, 5) is 21.3. The number of amides is 1. The molecule has 0 unspecified atom stereocenters. The Labute approximate surface area is 160 Å². The van der Waals surface area contributed by atoms with Crippen molar-refractivity contribution in [3.63, 3.8) is 0 Å². The zero-order valence-electron chi connectivity index (χ0n) is 14.2. The average Bonchev–Trinajstić information content (AvgIpc) is 3.27. The van der Waals surface area contributed by atoms with Crippen molar-refractivity contribution in [2.45, 2.75) is 25.8 Å². The van der Waals surface area contributed by atoms with Crippen LogP contribution in [-0.4, -0.2) is 33.4 Å². The van der Waals surface area contributed by atoms with E-state index in [1.54, 1.807) is 23.6 Å². The van der Waals surface area contributed by atoms with Crippen LogP contribution in [0.4, 0.5) is 0 Å². The van der Waals surface area contributed by atoms with E-state index >= 15 is 0 Å². The highest BCUT2D eigenvalue weighted by Crippen LogP contribution is 2.20. The zero-order chi connectivity index (χ0) is 17.9. The van der Waals surface area contributed by atoms with Gasteiger partial charge in [0.1, 0.15) is 11.3 Å². The van der Waals surface area contributed by atoms with E-state index in [1.807, 2.05) is 22.0 Å². The van der Waals surface area contributed by atoms with Crippen molar-refractivity contribution in [3.05, 3.63) is 51.3 Å². The Kier molecular flexibility index (Phi) is 5.19. The van der Waals surface area contributed by atoms with Gasteiger partial charge in [0.05, 0.1) is 22.3 Å². The van der Waals surface area contributed by atoms with Crippen LogP contribution in [-0.2, 0) is 13.0 Å². The lowest BCUT2D eigenvalue weighted by Gasteiger charge is -2.21. The molecule has 4 rings (SSSR count). The molecule has 0 atom stereocenters. The van der Waals surface area contributed by atoms with Gasteiger partial charge in [-0.05, 0) is 44.0 Å². The number of thiazole rings is 1. The van der Waals surface area contributed by atoms with Gasteiger partial charge in [-0.25, -0.2) is 9.97 Å². The summed E-state index contributed by atoms with van der Waals surface area (Å²) in [5.41, 5.74) is 2.08. The molecule has 26 heavy (non-hydrogen) atoms. The lowest BCUT2D eigenvalue weighted by atomic mass is 9.95. The summed E-state index contributed by atoms with van der Waals surface area (Å²) in [6, 6.07) is 3.65. The summed E-state index contributed by atoms with van der Waals surface area (Å²) < 4.78 is 1.85. The van der Waals surface area contributed by atoms with E-state index in [-0.39, 0.29) is 5.91 Å². The highest BCUT2D eigenvalue weighted by Gasteiger charge is 2.17. The van der Waals surface area contributed by atoms with E-state index in [0.29, 0.717) is 23.2 Å². The smallest absolute Gasteiger partial charge is 0.271 e. The number of nitrogens with one attached hydrogen (secondary N) is 2. The van der Waals surface area contributed by atoms with Gasteiger partial charge in [-0.2, -0.15) is 0 Å². The topological polar surface area (TPSA) is 71.3 Å². The Morgan fingerprint density at radius 1 is 1.31 bits per heavy atom. The number of imidazole rings is 1. The Bertz CT molecular complexity index is 915. The van der Waals surface area contributed by atoms with Gasteiger partial charge in [0.15, 0.2) is 0 Å². The molecule has 0 spiro atoms. The Morgan fingerprint density at radius 3 is 3.00 bits per heavy atom. The van der Waals surface area contributed by atoms with Gasteiger partial charge in [0, 0.05) is 24.2 Å². The minimum absolute atomic E-state index is 0.159. The van der Waals surface area contributed by atoms with Crippen LogP contribution in [0.25, 0.3) is 5.65 Å². The summed E-state index contributed by atoms with van der Waals surface area (Å²) in [6.45, 7) is 2.51. The molecule has 0 saturated carbocycles. The van der Waals surface area contributed by atoms with Crippen LogP contribution >= 0.6 is 22.9 Å². The maximum absolute atomic E-state index is 12.4. The quantitative estimate of drug-likeness (QED) is 0.703. The predicted molar refractivity (Wildman–Crippen MR) is 103 cm³/mol. The highest BCUT2D eigenvalue weighted by atomic mass is 35.5. The van der Waals surface area contributed by atoms with Crippen molar-refractivity contribution >= 4 is 34.5 Å². The van der Waals surface area contributed by atoms with Crippen LogP contribution in [0.3, 0.4) is 0 Å². The molecule has 1 amide bonds. The summed E-state index contributed by atoms with van der Waals surface area (Å²) in [6.07, 6.45) is 6.98. The first-order valence-corrected chi connectivity index (χ1v) is 9.99. The van der Waals surface area contributed by atoms with Crippen LogP contribution in [0.2, 0.25) is 5.02 Å². The van der Waals surface area contributed by atoms with Crippen molar-refractivity contribution in [2.24, 2.45) is 5.92 Å². The first-order valence-electron chi connectivity index (χ1n) is 8.74. The van der Waals surface area contributed by atoms with Gasteiger partial charge in [0.2, 0.25) is 0 Å². The number of hydrogen-bond acceptors (Lipinski definition) is 5. The molecule has 0 aromatic carbocycles. The maximum Gasteiger partial charge on any atom is 0.271 e. The van der Waals surface area contributed by atoms with Gasteiger partial charge in [-0.15, -0.1) is 11.3 Å². The molecule has 3 aromatic rings. The molecule has 3 aromatic heterocycles. The number of fused-ring (bicyclic) bond motifs is 1. The number of aromatic nitrogens is 3. The van der Waals surface area contributed by atoms with Crippen molar-refractivity contribution in [2.75, 3.05) is 13.1 Å². The third kappa shape index (κ3) is 4.06. The molecule has 1 saturated heterocycles. The SMILES string of the molecule is O=C(NCc1cn2cc(Cl)ccc2n1)c1csc(CC2CCNCC2)n1. The van der Waals surface area contributed by atoms with E-state index in [2.05, 4.69) is 20.6 Å². The lowest BCUT2D eigenvalue weighted by molar-refractivity contribution is 0.0946. The fourth-order valence-corrected chi connectivity index (χ4v) is 4.26. The molecule has 136 valence electrons. The Hall–Kier alpha value is -1.96. The number of rotatable bonds is 5. The zero-order valence-corrected chi connectivity index (χ0v) is 15.8. The lowest BCUT2D eigenvalue weighted by Crippen LogP contribution is -2.28. The van der Waals surface area contributed by atoms with Crippen LogP contribution in [0.15, 0.2) is 29.9 Å². The minimum Gasteiger partial charge on any atom is -0.345 e. The monoisotopic (exact) mass is 389 g/mol. The second-order valence-corrected chi connectivity index (χ2v) is 7.93. The highest BCUT2D eigenvalue weighted by molar-refractivity contribution is 7.09. The number of nitrogens with zero attached hydrogens (tertiary/aromatic N) is 3. The molecule has 0 bridgehead atoms. The summed E-state index contributed by atoms with van der Waals surface area (Å²) >= 11 is 7.55. The predicted octanol–water partition coefficient (Wildman–Crippen LogP) is 2.92. The number of pyridine rings is 1. The number of carbonyl (C=O) groups is 1. The van der Waals surface area contributed by atoms with Gasteiger partial charge in [-0.1, -0.05) is 11.6 Å². The van der Waals surface area contributed by atoms with Crippen molar-refractivity contribution in [1.29, 1.82) is 0 Å². The van der Waals surface area contributed by atoms with Crippen LogP contribution < -0.4 is 10.6 Å². The molecule has 2 N–H and O–H groups in total. The van der Waals surface area contributed by atoms with E-state index in [1.165, 1.54) is 12.8 Å². The number of piperidine rings is 1. The third-order valence-electron chi connectivity index (χ3n) is 4.60. The summed E-state index contributed by atoms with van der Waals surface area (Å²) in [7, 11) is 0. The second kappa shape index (κ2) is 7.73. The molecule has 6 nitrogen and oxygen atoms in total. The van der Waals surface area contributed by atoms with Crippen LogP contribution in [0, 0.1) is 5.92 Å². The second-order valence-electron chi connectivity index (χ2n) is 6.55. The summed E-state index contributed by atoms with van der Waals surface area (Å²) in [5, 5.41) is 9.80. The van der Waals surface area contributed by atoms with Crippen LogP contribution in [0.5, 0.6) is 0 Å². The number of hydrogen-bond donors (Lipinski definition) is 2. The standard InChI is InChI=1S/C18H20ClN5OS/c19-13-1-2-16-22-14(10-24(16)9-13)8-21-18(25)15-11-26-17(23-15)7-12-3-5-20-6-4-12/h1-2,9-12,20H,3-8H2,(H,21,25). The Balaban J connectivity index is 1.35. The van der Waals surface area contributed by atoms with Gasteiger partial charge in [0.25, 0.3) is 5.91 Å². The fourth-order valence-electron chi connectivity index (χ4n) is 3.21. The Morgan fingerprint density at radius 2 is 2.15 bits per heavy atom. The van der Waals surface area contributed by atoms with Gasteiger partial charge < -0.3 is 15.0 Å². The van der Waals surface area contributed by atoms with Crippen molar-refractivity contribution in [3.8, 4) is 0 Å². The van der Waals surface area contributed by atoms with Crippen molar-refractivity contribution < 1.29 is 4.79 Å². The van der Waals surface area contributed by atoms with E-state index in [0.717, 1.165) is 35.9 Å². The molecule has 0 radical (unpaired) electrons. The normalized spacial score (nSPS) is 15.4. The molecule has 0 aliphatic carbocycles. The largest absolute Gasteiger partial charge is 0.345 e. The van der Waals surface area contributed by atoms with Gasteiger partial charge in [-0.3, -0.25) is 4.79 Å². The van der Waals surface area contributed by atoms with Crippen LogP contribution in [0.1, 0.15) is 34.0 Å². The molecule has 8 heteroatoms. The van der Waals surface area contributed by atoms with E-state index < -0.39 is 0 Å².